The second-order valence-electron chi connectivity index (χ2n) is 2.23. The van der Waals surface area contributed by atoms with Crippen molar-refractivity contribution < 1.29 is 9.53 Å². The molecule has 0 saturated carbocycles. The van der Waals surface area contributed by atoms with E-state index in [0.29, 0.717) is 25.3 Å². The summed E-state index contributed by atoms with van der Waals surface area (Å²) in [6, 6.07) is 1.99. The van der Waals surface area contributed by atoms with Gasteiger partial charge in [-0.2, -0.15) is 5.26 Å². The van der Waals surface area contributed by atoms with Crippen LogP contribution >= 0.6 is 43.2 Å². The zero-order chi connectivity index (χ0) is 10.7. The van der Waals surface area contributed by atoms with Gasteiger partial charge in [0.15, 0.2) is 0 Å². The molecule has 0 spiro atoms. The molecule has 1 rings (SSSR count). The minimum atomic E-state index is -0.411. The highest BCUT2D eigenvalue weighted by Gasteiger charge is 2.20. The molecule has 0 saturated heterocycles. The van der Waals surface area contributed by atoms with E-state index in [4.69, 9.17) is 10.00 Å². The average Bonchev–Trinajstić information content (AvgIpc) is 2.42. The van der Waals surface area contributed by atoms with Gasteiger partial charge < -0.3 is 4.74 Å². The lowest BCUT2D eigenvalue weighted by atomic mass is 10.3. The normalized spacial score (nSPS) is 9.57. The van der Waals surface area contributed by atoms with Gasteiger partial charge in [-0.1, -0.05) is 0 Å². The second-order valence-corrected chi connectivity index (χ2v) is 5.36. The van der Waals surface area contributed by atoms with E-state index in [0.717, 1.165) is 0 Å². The van der Waals surface area contributed by atoms with E-state index in [-0.39, 0.29) is 0 Å². The Labute approximate surface area is 102 Å². The number of ether oxygens (including phenoxy) is 1. The number of nitriles is 1. The van der Waals surface area contributed by atoms with Gasteiger partial charge in [0.05, 0.1) is 20.4 Å². The third kappa shape index (κ3) is 2.16. The fourth-order valence-corrected chi connectivity index (χ4v) is 3.43. The fourth-order valence-electron chi connectivity index (χ4n) is 0.806. The highest BCUT2D eigenvalue weighted by atomic mass is 79.9. The molecule has 0 N–H and O–H groups in total. The lowest BCUT2D eigenvalue weighted by Crippen LogP contribution is -2.02. The third-order valence-electron chi connectivity index (χ3n) is 1.38. The molecule has 0 unspecified atom stereocenters. The molecule has 0 atom stereocenters. The molecule has 1 aromatic rings. The number of hydrogen-bond acceptors (Lipinski definition) is 4. The number of halogens is 2. The number of thiophene rings is 1. The Morgan fingerprint density at radius 3 is 2.71 bits per heavy atom. The van der Waals surface area contributed by atoms with E-state index in [2.05, 4.69) is 31.9 Å². The summed E-state index contributed by atoms with van der Waals surface area (Å²) in [5.41, 5.74) is 0.429. The molecule has 0 aliphatic heterocycles. The molecule has 0 fully saturated rings. The summed E-state index contributed by atoms with van der Waals surface area (Å²) in [6.07, 6.45) is 0. The van der Waals surface area contributed by atoms with Gasteiger partial charge in [-0.3, -0.25) is 0 Å². The Morgan fingerprint density at radius 1 is 1.64 bits per heavy atom. The molecule has 0 bridgehead atoms. The van der Waals surface area contributed by atoms with E-state index < -0.39 is 5.97 Å². The van der Waals surface area contributed by atoms with E-state index in [1.54, 1.807) is 6.92 Å². The van der Waals surface area contributed by atoms with Crippen LogP contribution in [0.5, 0.6) is 0 Å². The van der Waals surface area contributed by atoms with Gasteiger partial charge in [0, 0.05) is 0 Å². The predicted octanol–water partition coefficient (Wildman–Crippen LogP) is 3.32. The minimum absolute atomic E-state index is 0.322. The highest BCUT2D eigenvalue weighted by Crippen LogP contribution is 2.36. The van der Waals surface area contributed by atoms with Crippen LogP contribution in [0, 0.1) is 11.3 Å². The molecule has 1 aromatic heterocycles. The number of carbonyl (C=O) groups excluding carboxylic acids is 1. The Morgan fingerprint density at radius 2 is 2.29 bits per heavy atom. The van der Waals surface area contributed by atoms with Gasteiger partial charge in [0.1, 0.15) is 10.9 Å². The first-order valence-corrected chi connectivity index (χ1v) is 6.07. The quantitative estimate of drug-likeness (QED) is 0.777. The molecule has 0 aliphatic rings. The van der Waals surface area contributed by atoms with Gasteiger partial charge in [-0.25, -0.2) is 4.79 Å². The molecule has 6 heteroatoms. The maximum atomic E-state index is 11.4. The Hall–Kier alpha value is -0.380. The number of hydrogen-bond donors (Lipinski definition) is 0. The summed E-state index contributed by atoms with van der Waals surface area (Å²) >= 11 is 7.58. The zero-order valence-electron chi connectivity index (χ0n) is 7.13. The largest absolute Gasteiger partial charge is 0.462 e. The van der Waals surface area contributed by atoms with Crippen LogP contribution in [0.15, 0.2) is 8.26 Å². The predicted molar refractivity (Wildman–Crippen MR) is 60.4 cm³/mol. The summed E-state index contributed by atoms with van der Waals surface area (Å²) in [5, 5.41) is 8.77. The Bertz CT molecular complexity index is 408. The molecule has 3 nitrogen and oxygen atoms in total. The van der Waals surface area contributed by atoms with Gasteiger partial charge >= 0.3 is 5.97 Å². The van der Waals surface area contributed by atoms with E-state index in [1.165, 1.54) is 11.3 Å². The fraction of sp³-hybridized carbons (Fsp3) is 0.250. The van der Waals surface area contributed by atoms with Crippen LogP contribution in [-0.4, -0.2) is 12.6 Å². The van der Waals surface area contributed by atoms with Crippen LogP contribution in [0.25, 0.3) is 0 Å². The highest BCUT2D eigenvalue weighted by molar-refractivity contribution is 9.11. The number of esters is 1. The Balaban J connectivity index is 3.13. The lowest BCUT2D eigenvalue weighted by molar-refractivity contribution is 0.0531. The van der Waals surface area contributed by atoms with Gasteiger partial charge in [-0.05, 0) is 38.8 Å². The van der Waals surface area contributed by atoms with Crippen molar-refractivity contribution in [2.45, 2.75) is 6.92 Å². The standard InChI is InChI=1S/C8H5Br2NO2S/c1-2-13-8(12)6-5(9)4(3-11)7(10)14-6/h2H2,1H3. The molecule has 0 amide bonds. The van der Waals surface area contributed by atoms with Gasteiger partial charge in [-0.15, -0.1) is 11.3 Å². The summed E-state index contributed by atoms with van der Waals surface area (Å²) < 4.78 is 5.96. The van der Waals surface area contributed by atoms with Gasteiger partial charge in [0.2, 0.25) is 0 Å². The van der Waals surface area contributed by atoms with Crippen molar-refractivity contribution in [2.75, 3.05) is 6.61 Å². The topological polar surface area (TPSA) is 50.1 Å². The Kier molecular flexibility index (Phi) is 4.11. The first-order valence-electron chi connectivity index (χ1n) is 3.66. The van der Waals surface area contributed by atoms with Crippen LogP contribution in [0.3, 0.4) is 0 Å². The van der Waals surface area contributed by atoms with Crippen molar-refractivity contribution >= 4 is 49.2 Å². The summed E-state index contributed by atoms with van der Waals surface area (Å²) in [7, 11) is 0. The molecule has 0 radical (unpaired) electrons. The molecular weight excluding hydrogens is 334 g/mol. The summed E-state index contributed by atoms with van der Waals surface area (Å²) in [5.74, 6) is -0.411. The zero-order valence-corrected chi connectivity index (χ0v) is 11.1. The lowest BCUT2D eigenvalue weighted by Gasteiger charge is -1.97. The van der Waals surface area contributed by atoms with Crippen LogP contribution in [0.2, 0.25) is 0 Å². The van der Waals surface area contributed by atoms with Crippen LogP contribution in [0.1, 0.15) is 22.2 Å². The first kappa shape index (κ1) is 11.7. The molecule has 1 heterocycles. The molecule has 14 heavy (non-hydrogen) atoms. The molecule has 0 aliphatic carbocycles. The summed E-state index contributed by atoms with van der Waals surface area (Å²) in [4.78, 5) is 11.8. The van der Waals surface area contributed by atoms with Crippen molar-refractivity contribution in [2.24, 2.45) is 0 Å². The van der Waals surface area contributed by atoms with Crippen molar-refractivity contribution in [1.29, 1.82) is 5.26 Å². The maximum absolute atomic E-state index is 11.4. The molecule has 74 valence electrons. The van der Waals surface area contributed by atoms with Crippen LogP contribution < -0.4 is 0 Å². The minimum Gasteiger partial charge on any atom is -0.462 e. The summed E-state index contributed by atoms with van der Waals surface area (Å²) in [6.45, 7) is 2.06. The molecular formula is C8H5Br2NO2S. The van der Waals surface area contributed by atoms with E-state index in [1.807, 2.05) is 6.07 Å². The van der Waals surface area contributed by atoms with Crippen LogP contribution in [0.4, 0.5) is 0 Å². The number of carbonyl (C=O) groups is 1. The number of nitrogens with zero attached hydrogens (tertiary/aromatic N) is 1. The van der Waals surface area contributed by atoms with Gasteiger partial charge in [0.25, 0.3) is 0 Å². The van der Waals surface area contributed by atoms with Crippen molar-refractivity contribution in [3.05, 3.63) is 18.7 Å². The smallest absolute Gasteiger partial charge is 0.349 e. The van der Waals surface area contributed by atoms with Crippen molar-refractivity contribution in [3.63, 3.8) is 0 Å². The second kappa shape index (κ2) is 4.91. The monoisotopic (exact) mass is 337 g/mol. The maximum Gasteiger partial charge on any atom is 0.349 e. The van der Waals surface area contributed by atoms with Crippen molar-refractivity contribution in [1.82, 2.24) is 0 Å². The molecule has 0 aromatic carbocycles. The average molecular weight is 339 g/mol. The third-order valence-corrected chi connectivity index (χ3v) is 4.28. The SMILES string of the molecule is CCOC(=O)c1sc(Br)c(C#N)c1Br. The van der Waals surface area contributed by atoms with E-state index >= 15 is 0 Å². The number of rotatable bonds is 2. The van der Waals surface area contributed by atoms with E-state index in [9.17, 15) is 4.79 Å². The first-order chi connectivity index (χ1) is 6.61. The van der Waals surface area contributed by atoms with Crippen LogP contribution in [-0.2, 0) is 4.74 Å². The van der Waals surface area contributed by atoms with Crippen molar-refractivity contribution in [3.8, 4) is 6.07 Å².